The summed E-state index contributed by atoms with van der Waals surface area (Å²) in [5.41, 5.74) is 2.26. The van der Waals surface area contributed by atoms with Crippen LogP contribution < -0.4 is 9.54 Å². The lowest BCUT2D eigenvalue weighted by Crippen LogP contribution is -2.14. The molecule has 0 unspecified atom stereocenters. The highest BCUT2D eigenvalue weighted by molar-refractivity contribution is 7.07. The van der Waals surface area contributed by atoms with Crippen LogP contribution in [-0.4, -0.2) is 11.7 Å². The van der Waals surface area contributed by atoms with Gasteiger partial charge in [-0.15, -0.1) is 11.3 Å². The topological polar surface area (TPSA) is 26.5 Å². The zero-order chi connectivity index (χ0) is 17.4. The van der Waals surface area contributed by atoms with E-state index in [4.69, 9.17) is 4.74 Å². The van der Waals surface area contributed by atoms with Gasteiger partial charge in [-0.2, -0.15) is 0 Å². The van der Waals surface area contributed by atoms with Crippen LogP contribution in [0.4, 0.5) is 14.5 Å². The van der Waals surface area contributed by atoms with Gasteiger partial charge in [0.2, 0.25) is 0 Å². The molecule has 3 nitrogen and oxygen atoms in total. The minimum atomic E-state index is -0.651. The van der Waals surface area contributed by atoms with Crippen molar-refractivity contribution in [2.75, 3.05) is 7.11 Å². The van der Waals surface area contributed by atoms with Crippen LogP contribution in [0.15, 0.2) is 52.8 Å². The lowest BCUT2D eigenvalue weighted by atomic mass is 10.1. The molecule has 0 aliphatic heterocycles. The molecule has 128 valence electrons. The molecule has 1 fully saturated rings. The Labute approximate surface area is 147 Å². The summed E-state index contributed by atoms with van der Waals surface area (Å²) in [7, 11) is 1.64. The lowest BCUT2D eigenvalue weighted by molar-refractivity contribution is 0.415. The molecular weight excluding hydrogens is 342 g/mol. The second-order valence-corrected chi connectivity index (χ2v) is 6.78. The van der Waals surface area contributed by atoms with E-state index in [0.29, 0.717) is 6.04 Å². The maximum absolute atomic E-state index is 13.9. The zero-order valence-electron chi connectivity index (χ0n) is 13.6. The van der Waals surface area contributed by atoms with Crippen LogP contribution in [0.2, 0.25) is 0 Å². The zero-order valence-corrected chi connectivity index (χ0v) is 14.4. The van der Waals surface area contributed by atoms with Gasteiger partial charge in [-0.25, -0.2) is 13.8 Å². The van der Waals surface area contributed by atoms with Crippen LogP contribution in [0.5, 0.6) is 5.75 Å². The fraction of sp³-hybridized carbons (Fsp3) is 0.211. The average molecular weight is 358 g/mol. The third kappa shape index (κ3) is 3.22. The van der Waals surface area contributed by atoms with E-state index >= 15 is 0 Å². The number of ether oxygens (including phenoxy) is 1. The Bertz CT molecular complexity index is 972. The maximum atomic E-state index is 13.9. The summed E-state index contributed by atoms with van der Waals surface area (Å²) in [5.74, 6) is -0.450. The summed E-state index contributed by atoms with van der Waals surface area (Å²) in [4.78, 5) is 5.16. The van der Waals surface area contributed by atoms with E-state index in [0.717, 1.165) is 40.7 Å². The van der Waals surface area contributed by atoms with Crippen molar-refractivity contribution in [2.24, 2.45) is 4.99 Å². The number of aromatic nitrogens is 1. The lowest BCUT2D eigenvalue weighted by Gasteiger charge is -2.08. The molecule has 0 N–H and O–H groups in total. The molecule has 0 radical (unpaired) electrons. The van der Waals surface area contributed by atoms with Crippen LogP contribution in [0, 0.1) is 11.6 Å². The molecule has 2 aromatic carbocycles. The van der Waals surface area contributed by atoms with Gasteiger partial charge in [-0.3, -0.25) is 0 Å². The van der Waals surface area contributed by atoms with Gasteiger partial charge in [0.05, 0.1) is 12.8 Å². The van der Waals surface area contributed by atoms with Crippen LogP contribution >= 0.6 is 11.3 Å². The highest BCUT2D eigenvalue weighted by Gasteiger charge is 2.27. The van der Waals surface area contributed by atoms with Crippen molar-refractivity contribution >= 4 is 17.0 Å². The molecule has 25 heavy (non-hydrogen) atoms. The van der Waals surface area contributed by atoms with Crippen molar-refractivity contribution in [3.63, 3.8) is 0 Å². The second-order valence-electron chi connectivity index (χ2n) is 5.94. The van der Waals surface area contributed by atoms with E-state index in [1.807, 2.05) is 29.6 Å². The Morgan fingerprint density at radius 1 is 1.12 bits per heavy atom. The summed E-state index contributed by atoms with van der Waals surface area (Å²) in [6.07, 6.45) is 2.16. The first-order chi connectivity index (χ1) is 12.2. The molecule has 0 spiro atoms. The molecule has 1 aliphatic carbocycles. The number of nitrogens with zero attached hydrogens (tertiary/aromatic N) is 2. The van der Waals surface area contributed by atoms with E-state index in [-0.39, 0.29) is 5.69 Å². The van der Waals surface area contributed by atoms with E-state index < -0.39 is 11.6 Å². The maximum Gasteiger partial charge on any atom is 0.190 e. The smallest absolute Gasteiger partial charge is 0.190 e. The Kier molecular flexibility index (Phi) is 4.13. The second kappa shape index (κ2) is 6.44. The predicted molar refractivity (Wildman–Crippen MR) is 94.1 cm³/mol. The van der Waals surface area contributed by atoms with Gasteiger partial charge in [0, 0.05) is 17.5 Å². The van der Waals surface area contributed by atoms with Gasteiger partial charge in [-0.1, -0.05) is 0 Å². The Hall–Kier alpha value is -2.47. The van der Waals surface area contributed by atoms with Crippen molar-refractivity contribution in [3.8, 4) is 17.0 Å². The fourth-order valence-corrected chi connectivity index (χ4v) is 3.71. The molecule has 4 rings (SSSR count). The SMILES string of the molecule is COc1ccc(-c2csc(=Nc3ccc(F)cc3F)n2C2CC2)cc1. The summed E-state index contributed by atoms with van der Waals surface area (Å²) in [5, 5.41) is 2.03. The van der Waals surface area contributed by atoms with Crippen LogP contribution in [0.3, 0.4) is 0 Å². The molecule has 1 aromatic heterocycles. The van der Waals surface area contributed by atoms with E-state index in [1.165, 1.54) is 23.5 Å². The largest absolute Gasteiger partial charge is 0.497 e. The van der Waals surface area contributed by atoms with Gasteiger partial charge >= 0.3 is 0 Å². The summed E-state index contributed by atoms with van der Waals surface area (Å²) >= 11 is 1.46. The molecule has 1 aliphatic rings. The quantitative estimate of drug-likeness (QED) is 0.639. The van der Waals surface area contributed by atoms with Crippen LogP contribution in [0.1, 0.15) is 18.9 Å². The number of thiazole rings is 1. The molecule has 3 aromatic rings. The van der Waals surface area contributed by atoms with Gasteiger partial charge < -0.3 is 9.30 Å². The number of methoxy groups -OCH3 is 1. The molecular formula is C19H16F2N2OS. The third-order valence-electron chi connectivity index (χ3n) is 4.17. The van der Waals surface area contributed by atoms with Crippen molar-refractivity contribution < 1.29 is 13.5 Å². The van der Waals surface area contributed by atoms with E-state index in [1.54, 1.807) is 7.11 Å². The minimum absolute atomic E-state index is 0.152. The number of benzene rings is 2. The fourth-order valence-electron chi connectivity index (χ4n) is 2.73. The van der Waals surface area contributed by atoms with E-state index in [9.17, 15) is 8.78 Å². The number of hydrogen-bond acceptors (Lipinski definition) is 3. The summed E-state index contributed by atoms with van der Waals surface area (Å²) in [6.45, 7) is 0. The standard InChI is InChI=1S/C19H16F2N2OS/c1-24-15-7-2-12(3-8-15)18-11-25-19(23(18)14-5-6-14)22-17-9-4-13(20)10-16(17)21/h2-4,7-11,14H,5-6H2,1H3. The van der Waals surface area contributed by atoms with E-state index in [2.05, 4.69) is 9.56 Å². The van der Waals surface area contributed by atoms with Crippen molar-refractivity contribution in [1.29, 1.82) is 0 Å². The van der Waals surface area contributed by atoms with Crippen molar-refractivity contribution in [2.45, 2.75) is 18.9 Å². The molecule has 1 saturated carbocycles. The van der Waals surface area contributed by atoms with Gasteiger partial charge in [0.25, 0.3) is 0 Å². The number of hydrogen-bond donors (Lipinski definition) is 0. The first-order valence-corrected chi connectivity index (χ1v) is 8.88. The first-order valence-electron chi connectivity index (χ1n) is 8.00. The van der Waals surface area contributed by atoms with Crippen LogP contribution in [0.25, 0.3) is 11.3 Å². The highest BCUT2D eigenvalue weighted by atomic mass is 32.1. The van der Waals surface area contributed by atoms with Crippen molar-refractivity contribution in [1.82, 2.24) is 4.57 Å². The van der Waals surface area contributed by atoms with Crippen molar-refractivity contribution in [3.05, 3.63) is 64.3 Å². The molecule has 0 saturated heterocycles. The Morgan fingerprint density at radius 2 is 1.88 bits per heavy atom. The minimum Gasteiger partial charge on any atom is -0.497 e. The summed E-state index contributed by atoms with van der Waals surface area (Å²) in [6, 6.07) is 11.7. The van der Waals surface area contributed by atoms with Gasteiger partial charge in [0.15, 0.2) is 10.6 Å². The predicted octanol–water partition coefficient (Wildman–Crippen LogP) is 5.07. The normalized spacial score (nSPS) is 14.8. The Balaban J connectivity index is 1.81. The molecule has 1 heterocycles. The highest BCUT2D eigenvalue weighted by Crippen LogP contribution is 2.38. The Morgan fingerprint density at radius 3 is 2.52 bits per heavy atom. The molecule has 0 bridgehead atoms. The average Bonchev–Trinajstić information content (AvgIpc) is 3.38. The molecule has 6 heteroatoms. The van der Waals surface area contributed by atoms with Gasteiger partial charge in [0.1, 0.15) is 17.3 Å². The number of rotatable bonds is 4. The number of halogens is 2. The molecule has 0 atom stereocenters. The summed E-state index contributed by atoms with van der Waals surface area (Å²) < 4.78 is 34.4. The molecule has 0 amide bonds. The van der Waals surface area contributed by atoms with Crippen LogP contribution in [-0.2, 0) is 0 Å². The third-order valence-corrected chi connectivity index (χ3v) is 5.01. The van der Waals surface area contributed by atoms with Gasteiger partial charge in [-0.05, 0) is 54.8 Å². The monoisotopic (exact) mass is 358 g/mol. The first kappa shape index (κ1) is 16.0.